The van der Waals surface area contributed by atoms with Gasteiger partial charge in [0, 0.05) is 11.1 Å². The SMILES string of the molecule is CC(NC(=O)c1cc(C(C)(C)C)[nH]n1)C(=O)O. The molecule has 0 aliphatic heterocycles. The van der Waals surface area contributed by atoms with Crippen molar-refractivity contribution >= 4 is 11.9 Å². The van der Waals surface area contributed by atoms with E-state index < -0.39 is 17.9 Å². The van der Waals surface area contributed by atoms with Crippen LogP contribution in [0.1, 0.15) is 43.9 Å². The fraction of sp³-hybridized carbons (Fsp3) is 0.545. The molecule has 6 heteroatoms. The average Bonchev–Trinajstić information content (AvgIpc) is 2.65. The lowest BCUT2D eigenvalue weighted by atomic mass is 9.92. The highest BCUT2D eigenvalue weighted by Crippen LogP contribution is 2.20. The van der Waals surface area contributed by atoms with Crippen LogP contribution >= 0.6 is 0 Å². The number of hydrogen-bond donors (Lipinski definition) is 3. The van der Waals surface area contributed by atoms with Crippen molar-refractivity contribution in [1.82, 2.24) is 15.5 Å². The third-order valence-electron chi connectivity index (χ3n) is 2.34. The molecule has 3 N–H and O–H groups in total. The number of carbonyl (C=O) groups is 2. The number of aromatic amines is 1. The van der Waals surface area contributed by atoms with Crippen LogP contribution in [-0.4, -0.2) is 33.2 Å². The quantitative estimate of drug-likeness (QED) is 0.730. The van der Waals surface area contributed by atoms with Gasteiger partial charge in [0.1, 0.15) is 11.7 Å². The third kappa shape index (κ3) is 3.30. The highest BCUT2D eigenvalue weighted by Gasteiger charge is 2.21. The molecule has 1 aromatic rings. The van der Waals surface area contributed by atoms with Gasteiger partial charge in [-0.3, -0.25) is 14.7 Å². The van der Waals surface area contributed by atoms with E-state index >= 15 is 0 Å². The Bertz CT molecular complexity index is 431. The molecule has 6 nitrogen and oxygen atoms in total. The summed E-state index contributed by atoms with van der Waals surface area (Å²) in [5, 5.41) is 17.6. The normalized spacial score (nSPS) is 13.2. The van der Waals surface area contributed by atoms with Gasteiger partial charge in [-0.25, -0.2) is 0 Å². The molecule has 0 saturated heterocycles. The molecule has 0 aromatic carbocycles. The molecule has 1 amide bonds. The maximum absolute atomic E-state index is 11.6. The summed E-state index contributed by atoms with van der Waals surface area (Å²) in [6, 6.07) is 0.696. The minimum atomic E-state index is -1.08. The number of H-pyrrole nitrogens is 1. The Balaban J connectivity index is 2.78. The lowest BCUT2D eigenvalue weighted by Crippen LogP contribution is -2.38. The first-order valence-corrected chi connectivity index (χ1v) is 5.31. The molecule has 1 unspecified atom stereocenters. The summed E-state index contributed by atoms with van der Waals surface area (Å²) in [6.07, 6.45) is 0. The molecule has 0 aliphatic carbocycles. The monoisotopic (exact) mass is 239 g/mol. The summed E-state index contributed by atoms with van der Waals surface area (Å²) in [5.41, 5.74) is 0.887. The van der Waals surface area contributed by atoms with E-state index in [4.69, 9.17) is 5.11 Å². The number of aromatic nitrogens is 2. The van der Waals surface area contributed by atoms with E-state index in [1.807, 2.05) is 20.8 Å². The van der Waals surface area contributed by atoms with Gasteiger partial charge < -0.3 is 10.4 Å². The van der Waals surface area contributed by atoms with Crippen molar-refractivity contribution in [3.63, 3.8) is 0 Å². The van der Waals surface area contributed by atoms with Crippen LogP contribution in [0.15, 0.2) is 6.07 Å². The second kappa shape index (κ2) is 4.57. The van der Waals surface area contributed by atoms with Crippen molar-refractivity contribution in [2.45, 2.75) is 39.2 Å². The van der Waals surface area contributed by atoms with Crippen LogP contribution in [0.25, 0.3) is 0 Å². The molecule has 17 heavy (non-hydrogen) atoms. The van der Waals surface area contributed by atoms with Crippen molar-refractivity contribution in [3.05, 3.63) is 17.5 Å². The lowest BCUT2D eigenvalue weighted by Gasteiger charge is -2.14. The van der Waals surface area contributed by atoms with Crippen LogP contribution in [0.5, 0.6) is 0 Å². The van der Waals surface area contributed by atoms with Gasteiger partial charge in [-0.2, -0.15) is 5.10 Å². The number of rotatable bonds is 3. The van der Waals surface area contributed by atoms with Crippen LogP contribution in [0.4, 0.5) is 0 Å². The highest BCUT2D eigenvalue weighted by molar-refractivity contribution is 5.94. The van der Waals surface area contributed by atoms with Crippen LogP contribution in [0.3, 0.4) is 0 Å². The first kappa shape index (κ1) is 13.2. The summed E-state index contributed by atoms with van der Waals surface area (Å²) in [4.78, 5) is 22.2. The zero-order chi connectivity index (χ0) is 13.2. The number of carboxylic acids is 1. The average molecular weight is 239 g/mol. The second-order valence-corrected chi connectivity index (χ2v) is 4.95. The Morgan fingerprint density at radius 2 is 2.06 bits per heavy atom. The molecule has 0 fully saturated rings. The zero-order valence-corrected chi connectivity index (χ0v) is 10.4. The largest absolute Gasteiger partial charge is 0.480 e. The Morgan fingerprint density at radius 3 is 2.47 bits per heavy atom. The fourth-order valence-electron chi connectivity index (χ4n) is 1.15. The Morgan fingerprint density at radius 1 is 1.47 bits per heavy atom. The number of hydrogen-bond acceptors (Lipinski definition) is 3. The summed E-state index contributed by atoms with van der Waals surface area (Å²) < 4.78 is 0. The molecular weight excluding hydrogens is 222 g/mol. The van der Waals surface area contributed by atoms with Gasteiger partial charge in [0.15, 0.2) is 0 Å². The minimum absolute atomic E-state index is 0.135. The summed E-state index contributed by atoms with van der Waals surface area (Å²) in [6.45, 7) is 7.36. The molecule has 0 saturated carbocycles. The fourth-order valence-corrected chi connectivity index (χ4v) is 1.15. The van der Waals surface area contributed by atoms with E-state index in [1.54, 1.807) is 6.07 Å². The smallest absolute Gasteiger partial charge is 0.325 e. The van der Waals surface area contributed by atoms with Crippen molar-refractivity contribution < 1.29 is 14.7 Å². The number of carboxylic acid groups (broad SMARTS) is 1. The number of nitrogens with zero attached hydrogens (tertiary/aromatic N) is 1. The number of carbonyl (C=O) groups excluding carboxylic acids is 1. The van der Waals surface area contributed by atoms with Crippen LogP contribution < -0.4 is 5.32 Å². The van der Waals surface area contributed by atoms with E-state index in [9.17, 15) is 9.59 Å². The van der Waals surface area contributed by atoms with E-state index in [0.717, 1.165) is 5.69 Å². The van der Waals surface area contributed by atoms with Gasteiger partial charge >= 0.3 is 5.97 Å². The molecule has 1 aromatic heterocycles. The molecule has 0 bridgehead atoms. The van der Waals surface area contributed by atoms with E-state index in [1.165, 1.54) is 6.92 Å². The topological polar surface area (TPSA) is 95.1 Å². The summed E-state index contributed by atoms with van der Waals surface area (Å²) in [7, 11) is 0. The van der Waals surface area contributed by atoms with Gasteiger partial charge in [0.25, 0.3) is 5.91 Å². The summed E-state index contributed by atoms with van der Waals surface area (Å²) >= 11 is 0. The number of aliphatic carboxylic acids is 1. The van der Waals surface area contributed by atoms with Gasteiger partial charge in [-0.05, 0) is 13.0 Å². The molecule has 94 valence electrons. The predicted molar refractivity (Wildman–Crippen MR) is 61.9 cm³/mol. The standard InChI is InChI=1S/C11H17N3O3/c1-6(10(16)17)12-9(15)7-5-8(14-13-7)11(2,3)4/h5-6H,1-4H3,(H,12,15)(H,13,14)(H,16,17). The lowest BCUT2D eigenvalue weighted by molar-refractivity contribution is -0.138. The van der Waals surface area contributed by atoms with Gasteiger partial charge in [0.05, 0.1) is 0 Å². The maximum Gasteiger partial charge on any atom is 0.325 e. The Hall–Kier alpha value is -1.85. The van der Waals surface area contributed by atoms with Gasteiger partial charge in [0.2, 0.25) is 0 Å². The van der Waals surface area contributed by atoms with Crippen LogP contribution in [0, 0.1) is 0 Å². The van der Waals surface area contributed by atoms with Crippen molar-refractivity contribution in [1.29, 1.82) is 0 Å². The molecule has 1 heterocycles. The summed E-state index contributed by atoms with van der Waals surface area (Å²) in [5.74, 6) is -1.57. The molecule has 0 spiro atoms. The van der Waals surface area contributed by atoms with Crippen LogP contribution in [-0.2, 0) is 10.2 Å². The first-order valence-electron chi connectivity index (χ1n) is 5.31. The maximum atomic E-state index is 11.6. The molecule has 1 atom stereocenters. The van der Waals surface area contributed by atoms with Crippen molar-refractivity contribution in [2.24, 2.45) is 0 Å². The Labute approximate surface area is 99.4 Å². The zero-order valence-electron chi connectivity index (χ0n) is 10.4. The molecule has 0 radical (unpaired) electrons. The van der Waals surface area contributed by atoms with Gasteiger partial charge in [-0.15, -0.1) is 0 Å². The van der Waals surface area contributed by atoms with Crippen molar-refractivity contribution in [2.75, 3.05) is 0 Å². The predicted octanol–water partition coefficient (Wildman–Crippen LogP) is 0.910. The van der Waals surface area contributed by atoms with Gasteiger partial charge in [-0.1, -0.05) is 20.8 Å². The minimum Gasteiger partial charge on any atom is -0.480 e. The molecule has 1 rings (SSSR count). The number of amides is 1. The molecule has 0 aliphatic rings. The molecular formula is C11H17N3O3. The van der Waals surface area contributed by atoms with E-state index in [-0.39, 0.29) is 11.1 Å². The second-order valence-electron chi connectivity index (χ2n) is 4.95. The first-order chi connectivity index (χ1) is 7.71. The number of nitrogens with one attached hydrogen (secondary N) is 2. The van der Waals surface area contributed by atoms with Crippen molar-refractivity contribution in [3.8, 4) is 0 Å². The van der Waals surface area contributed by atoms with E-state index in [2.05, 4.69) is 15.5 Å². The van der Waals surface area contributed by atoms with Crippen LogP contribution in [0.2, 0.25) is 0 Å². The van der Waals surface area contributed by atoms with E-state index in [0.29, 0.717) is 0 Å². The Kier molecular flexibility index (Phi) is 3.55. The highest BCUT2D eigenvalue weighted by atomic mass is 16.4. The third-order valence-corrected chi connectivity index (χ3v) is 2.34.